The van der Waals surface area contributed by atoms with Crippen LogP contribution in [0.1, 0.15) is 5.56 Å². The molecule has 1 aromatic rings. The van der Waals surface area contributed by atoms with Crippen molar-refractivity contribution in [3.8, 4) is 5.75 Å². The highest BCUT2D eigenvalue weighted by Crippen LogP contribution is 2.18. The summed E-state index contributed by atoms with van der Waals surface area (Å²) in [6.45, 7) is 3.64. The first-order chi connectivity index (χ1) is 8.79. The summed E-state index contributed by atoms with van der Waals surface area (Å²) in [6, 6.07) is 7.67. The highest BCUT2D eigenvalue weighted by molar-refractivity contribution is 5.83. The van der Waals surface area contributed by atoms with Gasteiger partial charge >= 0.3 is 0 Å². The summed E-state index contributed by atoms with van der Waals surface area (Å²) >= 11 is 0. The Balaban J connectivity index is 1.90. The van der Waals surface area contributed by atoms with E-state index >= 15 is 0 Å². The third-order valence-electron chi connectivity index (χ3n) is 3.08. The SMILES string of the molecule is COc1ccccc1CC(=O)CN1CCOCC1. The lowest BCUT2D eigenvalue weighted by atomic mass is 10.1. The summed E-state index contributed by atoms with van der Waals surface area (Å²) < 4.78 is 10.5. The molecule has 1 fully saturated rings. The predicted molar refractivity (Wildman–Crippen MR) is 69.0 cm³/mol. The average Bonchev–Trinajstić information content (AvgIpc) is 2.40. The highest BCUT2D eigenvalue weighted by atomic mass is 16.5. The molecule has 1 aliphatic rings. The van der Waals surface area contributed by atoms with Crippen molar-refractivity contribution in [2.45, 2.75) is 6.42 Å². The quantitative estimate of drug-likeness (QED) is 0.784. The van der Waals surface area contributed by atoms with Gasteiger partial charge in [-0.3, -0.25) is 9.69 Å². The summed E-state index contributed by atoms with van der Waals surface area (Å²) in [5, 5.41) is 0. The van der Waals surface area contributed by atoms with Crippen LogP contribution < -0.4 is 4.74 Å². The Labute approximate surface area is 107 Å². The Morgan fingerprint density at radius 2 is 2.06 bits per heavy atom. The summed E-state index contributed by atoms with van der Waals surface area (Å²) in [4.78, 5) is 14.2. The van der Waals surface area contributed by atoms with Gasteiger partial charge in [-0.15, -0.1) is 0 Å². The van der Waals surface area contributed by atoms with E-state index in [-0.39, 0.29) is 5.78 Å². The fraction of sp³-hybridized carbons (Fsp3) is 0.500. The molecule has 1 heterocycles. The van der Waals surface area contributed by atoms with Crippen molar-refractivity contribution in [2.24, 2.45) is 0 Å². The van der Waals surface area contributed by atoms with E-state index in [1.54, 1.807) is 7.11 Å². The van der Waals surface area contributed by atoms with Gasteiger partial charge in [0, 0.05) is 25.1 Å². The molecule has 1 aromatic carbocycles. The molecule has 4 heteroatoms. The second kappa shape index (κ2) is 6.52. The smallest absolute Gasteiger partial charge is 0.151 e. The van der Waals surface area contributed by atoms with E-state index in [9.17, 15) is 4.79 Å². The van der Waals surface area contributed by atoms with E-state index in [1.807, 2.05) is 24.3 Å². The van der Waals surface area contributed by atoms with Crippen molar-refractivity contribution < 1.29 is 14.3 Å². The molecule has 0 N–H and O–H groups in total. The van der Waals surface area contributed by atoms with E-state index in [4.69, 9.17) is 9.47 Å². The van der Waals surface area contributed by atoms with Crippen LogP contribution in [-0.4, -0.2) is 50.6 Å². The number of methoxy groups -OCH3 is 1. The maximum absolute atomic E-state index is 12.0. The minimum atomic E-state index is 0.224. The fourth-order valence-electron chi connectivity index (χ4n) is 2.13. The van der Waals surface area contributed by atoms with Crippen LogP contribution >= 0.6 is 0 Å². The molecule has 18 heavy (non-hydrogen) atoms. The minimum Gasteiger partial charge on any atom is -0.496 e. The van der Waals surface area contributed by atoms with E-state index in [1.165, 1.54) is 0 Å². The van der Waals surface area contributed by atoms with Crippen LogP contribution in [0, 0.1) is 0 Å². The molecule has 0 aliphatic carbocycles. The van der Waals surface area contributed by atoms with Crippen LogP contribution in [-0.2, 0) is 16.0 Å². The van der Waals surface area contributed by atoms with Crippen molar-refractivity contribution in [1.29, 1.82) is 0 Å². The zero-order valence-electron chi connectivity index (χ0n) is 10.7. The molecule has 0 bridgehead atoms. The summed E-state index contributed by atoms with van der Waals surface area (Å²) in [7, 11) is 1.63. The van der Waals surface area contributed by atoms with Gasteiger partial charge in [-0.05, 0) is 6.07 Å². The van der Waals surface area contributed by atoms with Gasteiger partial charge in [0.05, 0.1) is 26.9 Å². The van der Waals surface area contributed by atoms with E-state index < -0.39 is 0 Å². The van der Waals surface area contributed by atoms with E-state index in [2.05, 4.69) is 4.90 Å². The topological polar surface area (TPSA) is 38.8 Å². The van der Waals surface area contributed by atoms with Crippen molar-refractivity contribution in [3.05, 3.63) is 29.8 Å². The molecule has 0 radical (unpaired) electrons. The van der Waals surface area contributed by atoms with Crippen LogP contribution in [0.25, 0.3) is 0 Å². The number of morpholine rings is 1. The lowest BCUT2D eigenvalue weighted by molar-refractivity contribution is -0.120. The zero-order chi connectivity index (χ0) is 12.8. The Kier molecular flexibility index (Phi) is 4.73. The molecule has 0 spiro atoms. The number of carbonyl (C=O) groups is 1. The number of hydrogen-bond donors (Lipinski definition) is 0. The molecule has 4 nitrogen and oxygen atoms in total. The van der Waals surface area contributed by atoms with Crippen molar-refractivity contribution >= 4 is 5.78 Å². The minimum absolute atomic E-state index is 0.224. The maximum atomic E-state index is 12.0. The number of carbonyl (C=O) groups excluding carboxylic acids is 1. The Hall–Kier alpha value is -1.39. The average molecular weight is 249 g/mol. The summed E-state index contributed by atoms with van der Waals surface area (Å²) in [5.74, 6) is 1.01. The molecular weight excluding hydrogens is 230 g/mol. The van der Waals surface area contributed by atoms with Crippen LogP contribution in [0.15, 0.2) is 24.3 Å². The van der Waals surface area contributed by atoms with Crippen LogP contribution in [0.4, 0.5) is 0 Å². The van der Waals surface area contributed by atoms with Crippen LogP contribution in [0.5, 0.6) is 5.75 Å². The van der Waals surface area contributed by atoms with Crippen LogP contribution in [0.3, 0.4) is 0 Å². The number of Topliss-reactive ketones (excluding diaryl/α,β-unsaturated/α-hetero) is 1. The van der Waals surface area contributed by atoms with E-state index in [0.29, 0.717) is 13.0 Å². The Morgan fingerprint density at radius 3 is 2.78 bits per heavy atom. The standard InChI is InChI=1S/C14H19NO3/c1-17-14-5-3-2-4-12(14)10-13(16)11-15-6-8-18-9-7-15/h2-5H,6-11H2,1H3. The van der Waals surface area contributed by atoms with Gasteiger partial charge in [-0.25, -0.2) is 0 Å². The van der Waals surface area contributed by atoms with Crippen molar-refractivity contribution in [3.63, 3.8) is 0 Å². The fourth-order valence-corrected chi connectivity index (χ4v) is 2.13. The highest BCUT2D eigenvalue weighted by Gasteiger charge is 2.15. The zero-order valence-corrected chi connectivity index (χ0v) is 10.7. The maximum Gasteiger partial charge on any atom is 0.151 e. The van der Waals surface area contributed by atoms with E-state index in [0.717, 1.165) is 37.6 Å². The lowest BCUT2D eigenvalue weighted by Crippen LogP contribution is -2.39. The van der Waals surface area contributed by atoms with Crippen molar-refractivity contribution in [1.82, 2.24) is 4.90 Å². The second-order valence-corrected chi connectivity index (χ2v) is 4.42. The largest absolute Gasteiger partial charge is 0.496 e. The number of para-hydroxylation sites is 1. The van der Waals surface area contributed by atoms with Gasteiger partial charge < -0.3 is 9.47 Å². The first kappa shape index (κ1) is 13.1. The summed E-state index contributed by atoms with van der Waals surface area (Å²) in [5.41, 5.74) is 0.957. The molecule has 0 unspecified atom stereocenters. The normalized spacial score (nSPS) is 16.5. The molecule has 0 amide bonds. The van der Waals surface area contributed by atoms with Gasteiger partial charge in [0.25, 0.3) is 0 Å². The molecule has 0 saturated carbocycles. The van der Waals surface area contributed by atoms with Gasteiger partial charge in [0.15, 0.2) is 5.78 Å². The monoisotopic (exact) mass is 249 g/mol. The summed E-state index contributed by atoms with van der Waals surface area (Å²) in [6.07, 6.45) is 0.432. The predicted octanol–water partition coefficient (Wildman–Crippen LogP) is 1.14. The third kappa shape index (κ3) is 3.55. The number of hydrogen-bond acceptors (Lipinski definition) is 4. The Bertz CT molecular complexity index is 400. The number of rotatable bonds is 5. The first-order valence-electron chi connectivity index (χ1n) is 6.23. The van der Waals surface area contributed by atoms with Gasteiger partial charge in [-0.1, -0.05) is 18.2 Å². The van der Waals surface area contributed by atoms with Gasteiger partial charge in [0.2, 0.25) is 0 Å². The molecule has 1 saturated heterocycles. The van der Waals surface area contributed by atoms with Crippen LogP contribution in [0.2, 0.25) is 0 Å². The first-order valence-corrected chi connectivity index (χ1v) is 6.23. The number of nitrogens with zero attached hydrogens (tertiary/aromatic N) is 1. The third-order valence-corrected chi connectivity index (χ3v) is 3.08. The van der Waals surface area contributed by atoms with Gasteiger partial charge in [-0.2, -0.15) is 0 Å². The number of ketones is 1. The molecule has 0 aromatic heterocycles. The lowest BCUT2D eigenvalue weighted by Gasteiger charge is -2.25. The molecule has 2 rings (SSSR count). The van der Waals surface area contributed by atoms with Gasteiger partial charge in [0.1, 0.15) is 5.75 Å². The Morgan fingerprint density at radius 1 is 1.33 bits per heavy atom. The van der Waals surface area contributed by atoms with Crippen molar-refractivity contribution in [2.75, 3.05) is 40.0 Å². The molecular formula is C14H19NO3. The number of benzene rings is 1. The molecule has 0 atom stereocenters. The molecule has 98 valence electrons. The molecule has 1 aliphatic heterocycles. The second-order valence-electron chi connectivity index (χ2n) is 4.42. The number of ether oxygens (including phenoxy) is 2.